The van der Waals surface area contributed by atoms with E-state index in [1.807, 2.05) is 0 Å². The van der Waals surface area contributed by atoms with Crippen LogP contribution in [0.1, 0.15) is 46.0 Å². The molecule has 0 radical (unpaired) electrons. The fourth-order valence-electron chi connectivity index (χ4n) is 3.11. The number of nitrogens with one attached hydrogen (secondary N) is 1. The average molecular weight is 353 g/mol. The van der Waals surface area contributed by atoms with Crippen molar-refractivity contribution in [3.63, 3.8) is 0 Å². The van der Waals surface area contributed by atoms with E-state index in [4.69, 9.17) is 0 Å². The van der Waals surface area contributed by atoms with E-state index >= 15 is 0 Å². The summed E-state index contributed by atoms with van der Waals surface area (Å²) in [5.74, 6) is 0.796. The average Bonchev–Trinajstić information content (AvgIpc) is 2.98. The molecule has 0 saturated heterocycles. The maximum atomic E-state index is 3.60. The molecule has 1 aliphatic carbocycles. The van der Waals surface area contributed by atoms with Crippen molar-refractivity contribution in [2.24, 2.45) is 5.92 Å². The minimum atomic E-state index is 0.796. The minimum absolute atomic E-state index is 0.796. The second-order valence-corrected chi connectivity index (χ2v) is 7.42. The standard InChI is InChI=1S/C18H29BrN2/c1-15(2)11-13-21(16-7-3-4-8-16)14-12-20-18-10-6-5-9-17(18)19/h5-6,9-10,15-16,20H,3-4,7-8,11-14H2,1-2H3. The van der Waals surface area contributed by atoms with Crippen LogP contribution in [-0.2, 0) is 0 Å². The van der Waals surface area contributed by atoms with Gasteiger partial charge in [0, 0.05) is 29.3 Å². The Balaban J connectivity index is 1.82. The number of rotatable bonds is 8. The van der Waals surface area contributed by atoms with Gasteiger partial charge >= 0.3 is 0 Å². The summed E-state index contributed by atoms with van der Waals surface area (Å²) in [6, 6.07) is 9.20. The molecule has 1 aromatic rings. The Labute approximate surface area is 138 Å². The van der Waals surface area contributed by atoms with Gasteiger partial charge in [0.25, 0.3) is 0 Å². The molecular formula is C18H29BrN2. The summed E-state index contributed by atoms with van der Waals surface area (Å²) in [6.45, 7) is 8.08. The smallest absolute Gasteiger partial charge is 0.0485 e. The molecule has 0 aromatic heterocycles. The van der Waals surface area contributed by atoms with Gasteiger partial charge in [0.05, 0.1) is 0 Å². The van der Waals surface area contributed by atoms with Crippen LogP contribution >= 0.6 is 15.9 Å². The zero-order valence-electron chi connectivity index (χ0n) is 13.4. The van der Waals surface area contributed by atoms with Crippen LogP contribution in [0.5, 0.6) is 0 Å². The highest BCUT2D eigenvalue weighted by molar-refractivity contribution is 9.10. The third kappa shape index (κ3) is 5.63. The number of hydrogen-bond acceptors (Lipinski definition) is 2. The highest BCUT2D eigenvalue weighted by Gasteiger charge is 2.22. The molecule has 3 heteroatoms. The molecule has 0 atom stereocenters. The lowest BCUT2D eigenvalue weighted by molar-refractivity contribution is 0.195. The molecule has 0 aliphatic heterocycles. The number of benzene rings is 1. The molecule has 0 unspecified atom stereocenters. The van der Waals surface area contributed by atoms with Crippen molar-refractivity contribution in [1.82, 2.24) is 4.90 Å². The van der Waals surface area contributed by atoms with E-state index < -0.39 is 0 Å². The van der Waals surface area contributed by atoms with Crippen LogP contribution in [0, 0.1) is 5.92 Å². The van der Waals surface area contributed by atoms with Gasteiger partial charge in [-0.05, 0) is 59.8 Å². The Bertz CT molecular complexity index is 413. The van der Waals surface area contributed by atoms with Gasteiger partial charge in [-0.3, -0.25) is 4.90 Å². The largest absolute Gasteiger partial charge is 0.383 e. The monoisotopic (exact) mass is 352 g/mol. The van der Waals surface area contributed by atoms with Crippen LogP contribution in [0.15, 0.2) is 28.7 Å². The van der Waals surface area contributed by atoms with E-state index in [0.717, 1.165) is 29.5 Å². The van der Waals surface area contributed by atoms with E-state index in [9.17, 15) is 0 Å². The summed E-state index contributed by atoms with van der Waals surface area (Å²) >= 11 is 3.60. The zero-order valence-corrected chi connectivity index (χ0v) is 15.0. The van der Waals surface area contributed by atoms with Crippen molar-refractivity contribution in [3.8, 4) is 0 Å². The highest BCUT2D eigenvalue weighted by Crippen LogP contribution is 2.24. The first-order chi connectivity index (χ1) is 10.2. The molecule has 118 valence electrons. The summed E-state index contributed by atoms with van der Waals surface area (Å²) in [5, 5.41) is 3.57. The Hall–Kier alpha value is -0.540. The van der Waals surface area contributed by atoms with E-state index in [0.29, 0.717) is 0 Å². The van der Waals surface area contributed by atoms with Crippen LogP contribution in [0.2, 0.25) is 0 Å². The Morgan fingerprint density at radius 2 is 1.90 bits per heavy atom. The first kappa shape index (κ1) is 16.8. The summed E-state index contributed by atoms with van der Waals surface area (Å²) in [7, 11) is 0. The normalized spacial score (nSPS) is 16.0. The molecule has 0 spiro atoms. The van der Waals surface area contributed by atoms with Gasteiger partial charge in [0.15, 0.2) is 0 Å². The summed E-state index contributed by atoms with van der Waals surface area (Å²) in [4.78, 5) is 2.72. The molecule has 1 fully saturated rings. The molecule has 2 nitrogen and oxygen atoms in total. The fraction of sp³-hybridized carbons (Fsp3) is 0.667. The minimum Gasteiger partial charge on any atom is -0.383 e. The van der Waals surface area contributed by atoms with Crippen molar-refractivity contribution < 1.29 is 0 Å². The molecule has 0 amide bonds. The maximum absolute atomic E-state index is 3.60. The Morgan fingerprint density at radius 1 is 1.19 bits per heavy atom. The zero-order chi connectivity index (χ0) is 15.1. The number of anilines is 1. The predicted molar refractivity (Wildman–Crippen MR) is 95.9 cm³/mol. The second kappa shape index (κ2) is 8.79. The van der Waals surface area contributed by atoms with Crippen molar-refractivity contribution in [1.29, 1.82) is 0 Å². The van der Waals surface area contributed by atoms with Gasteiger partial charge in [0.2, 0.25) is 0 Å². The highest BCUT2D eigenvalue weighted by atomic mass is 79.9. The molecule has 2 rings (SSSR count). The Morgan fingerprint density at radius 3 is 2.57 bits per heavy atom. The van der Waals surface area contributed by atoms with Gasteiger partial charge in [-0.25, -0.2) is 0 Å². The predicted octanol–water partition coefficient (Wildman–Crippen LogP) is 5.15. The lowest BCUT2D eigenvalue weighted by atomic mass is 10.1. The van der Waals surface area contributed by atoms with Gasteiger partial charge in [-0.2, -0.15) is 0 Å². The first-order valence-electron chi connectivity index (χ1n) is 8.39. The second-order valence-electron chi connectivity index (χ2n) is 6.56. The van der Waals surface area contributed by atoms with Gasteiger partial charge in [0.1, 0.15) is 0 Å². The van der Waals surface area contributed by atoms with Crippen LogP contribution < -0.4 is 5.32 Å². The van der Waals surface area contributed by atoms with Gasteiger partial charge < -0.3 is 5.32 Å². The van der Waals surface area contributed by atoms with E-state index in [1.165, 1.54) is 44.3 Å². The number of hydrogen-bond donors (Lipinski definition) is 1. The van der Waals surface area contributed by atoms with E-state index in [1.54, 1.807) is 0 Å². The number of para-hydroxylation sites is 1. The van der Waals surface area contributed by atoms with E-state index in [2.05, 4.69) is 64.3 Å². The van der Waals surface area contributed by atoms with Crippen LogP contribution in [0.3, 0.4) is 0 Å². The molecule has 0 bridgehead atoms. The third-order valence-electron chi connectivity index (χ3n) is 4.42. The van der Waals surface area contributed by atoms with Crippen molar-refractivity contribution in [2.45, 2.75) is 52.0 Å². The quantitative estimate of drug-likeness (QED) is 0.695. The van der Waals surface area contributed by atoms with Crippen molar-refractivity contribution in [2.75, 3.05) is 25.0 Å². The van der Waals surface area contributed by atoms with Crippen LogP contribution in [-0.4, -0.2) is 30.6 Å². The van der Waals surface area contributed by atoms with Gasteiger partial charge in [-0.1, -0.05) is 38.8 Å². The lowest BCUT2D eigenvalue weighted by Gasteiger charge is -2.29. The van der Waals surface area contributed by atoms with Crippen molar-refractivity contribution in [3.05, 3.63) is 28.7 Å². The Kier molecular flexibility index (Phi) is 7.05. The molecule has 1 N–H and O–H groups in total. The molecule has 1 aromatic carbocycles. The topological polar surface area (TPSA) is 15.3 Å². The van der Waals surface area contributed by atoms with Crippen LogP contribution in [0.25, 0.3) is 0 Å². The van der Waals surface area contributed by atoms with E-state index in [-0.39, 0.29) is 0 Å². The number of halogens is 1. The maximum Gasteiger partial charge on any atom is 0.0485 e. The molecule has 1 aliphatic rings. The van der Waals surface area contributed by atoms with Crippen LogP contribution in [0.4, 0.5) is 5.69 Å². The summed E-state index contributed by atoms with van der Waals surface area (Å²) < 4.78 is 1.15. The first-order valence-corrected chi connectivity index (χ1v) is 9.18. The lowest BCUT2D eigenvalue weighted by Crippen LogP contribution is -2.38. The fourth-order valence-corrected chi connectivity index (χ4v) is 3.53. The van der Waals surface area contributed by atoms with Crippen molar-refractivity contribution >= 4 is 21.6 Å². The molecule has 21 heavy (non-hydrogen) atoms. The van der Waals surface area contributed by atoms with Gasteiger partial charge in [-0.15, -0.1) is 0 Å². The summed E-state index contributed by atoms with van der Waals surface area (Å²) in [5.41, 5.74) is 1.20. The SMILES string of the molecule is CC(C)CCN(CCNc1ccccc1Br)C1CCCC1. The third-order valence-corrected chi connectivity index (χ3v) is 5.11. The molecule has 1 saturated carbocycles. The molecular weight excluding hydrogens is 324 g/mol. The molecule has 0 heterocycles. The summed E-state index contributed by atoms with van der Waals surface area (Å²) in [6.07, 6.45) is 6.94. The number of nitrogens with zero attached hydrogens (tertiary/aromatic N) is 1.